The van der Waals surface area contributed by atoms with Crippen molar-refractivity contribution in [2.24, 2.45) is 5.92 Å². The lowest BCUT2D eigenvalue weighted by atomic mass is 10.1. The van der Waals surface area contributed by atoms with E-state index in [1.807, 2.05) is 6.07 Å². The lowest BCUT2D eigenvalue weighted by Crippen LogP contribution is -2.43. The van der Waals surface area contributed by atoms with Crippen LogP contribution in [0.15, 0.2) is 48.5 Å². The summed E-state index contributed by atoms with van der Waals surface area (Å²) in [6.07, 6.45) is 2.48. The molecule has 2 aromatic rings. The van der Waals surface area contributed by atoms with Crippen LogP contribution < -0.4 is 14.8 Å². The standard InChI is InChI=1S/C21H24N2O3/c1-23(13-15-5-3-2-4-6-15)18(16-7-8-16)12-22-21(24)17-9-10-19-20(11-17)26-14-25-19/h2-6,9-11,16,18H,7-8,12-14H2,1H3,(H,22,24). The molecule has 0 bridgehead atoms. The minimum atomic E-state index is -0.0675. The quantitative estimate of drug-likeness (QED) is 0.832. The molecule has 0 saturated heterocycles. The highest BCUT2D eigenvalue weighted by molar-refractivity contribution is 5.94. The van der Waals surface area contributed by atoms with Gasteiger partial charge in [-0.05, 0) is 49.6 Å². The normalized spacial score (nSPS) is 16.5. The molecular formula is C21H24N2O3. The van der Waals surface area contributed by atoms with E-state index in [9.17, 15) is 4.79 Å². The number of amides is 1. The van der Waals surface area contributed by atoms with Gasteiger partial charge in [0.15, 0.2) is 11.5 Å². The maximum absolute atomic E-state index is 12.5. The van der Waals surface area contributed by atoms with Gasteiger partial charge in [-0.1, -0.05) is 30.3 Å². The van der Waals surface area contributed by atoms with Crippen molar-refractivity contribution in [1.29, 1.82) is 0 Å². The molecule has 1 heterocycles. The van der Waals surface area contributed by atoms with Gasteiger partial charge in [0, 0.05) is 24.7 Å². The molecule has 1 N–H and O–H groups in total. The third-order valence-electron chi connectivity index (χ3n) is 5.11. The third kappa shape index (κ3) is 3.83. The summed E-state index contributed by atoms with van der Waals surface area (Å²) in [7, 11) is 2.14. The number of rotatable bonds is 7. The van der Waals surface area contributed by atoms with Gasteiger partial charge in [0.1, 0.15) is 0 Å². The van der Waals surface area contributed by atoms with Gasteiger partial charge in [-0.15, -0.1) is 0 Å². The van der Waals surface area contributed by atoms with E-state index in [4.69, 9.17) is 9.47 Å². The molecule has 0 radical (unpaired) electrons. The average Bonchev–Trinajstić information content (AvgIpc) is 3.38. The Kier molecular flexibility index (Phi) is 4.80. The number of likely N-dealkylation sites (N-methyl/N-ethyl adjacent to an activating group) is 1. The summed E-state index contributed by atoms with van der Waals surface area (Å²) >= 11 is 0. The maximum Gasteiger partial charge on any atom is 0.251 e. The highest BCUT2D eigenvalue weighted by Crippen LogP contribution is 2.35. The first-order valence-corrected chi connectivity index (χ1v) is 9.13. The minimum Gasteiger partial charge on any atom is -0.454 e. The van der Waals surface area contributed by atoms with Gasteiger partial charge in [0.05, 0.1) is 0 Å². The van der Waals surface area contributed by atoms with Crippen LogP contribution in [-0.4, -0.2) is 37.2 Å². The Balaban J connectivity index is 1.37. The molecule has 26 heavy (non-hydrogen) atoms. The summed E-state index contributed by atoms with van der Waals surface area (Å²) in [5, 5.41) is 3.10. The van der Waals surface area contributed by atoms with E-state index < -0.39 is 0 Å². The molecule has 1 saturated carbocycles. The maximum atomic E-state index is 12.5. The Labute approximate surface area is 153 Å². The Morgan fingerprint density at radius 2 is 1.92 bits per heavy atom. The van der Waals surface area contributed by atoms with Crippen LogP contribution in [0.3, 0.4) is 0 Å². The molecule has 1 amide bonds. The summed E-state index contributed by atoms with van der Waals surface area (Å²) in [6, 6.07) is 16.1. The summed E-state index contributed by atoms with van der Waals surface area (Å²) in [4.78, 5) is 14.9. The Morgan fingerprint density at radius 1 is 1.15 bits per heavy atom. The molecule has 5 heteroatoms. The van der Waals surface area contributed by atoms with E-state index in [0.717, 1.165) is 6.54 Å². The number of nitrogens with one attached hydrogen (secondary N) is 1. The number of fused-ring (bicyclic) bond motifs is 1. The van der Waals surface area contributed by atoms with Crippen LogP contribution in [0.2, 0.25) is 0 Å². The van der Waals surface area contributed by atoms with Crippen molar-refractivity contribution >= 4 is 5.91 Å². The van der Waals surface area contributed by atoms with E-state index in [2.05, 4.69) is 41.5 Å². The van der Waals surface area contributed by atoms with Gasteiger partial charge in [-0.3, -0.25) is 9.69 Å². The molecule has 5 nitrogen and oxygen atoms in total. The fraction of sp³-hybridized carbons (Fsp3) is 0.381. The molecule has 1 aliphatic heterocycles. The van der Waals surface area contributed by atoms with Crippen LogP contribution in [0.4, 0.5) is 0 Å². The molecule has 1 atom stereocenters. The molecule has 2 aliphatic rings. The van der Waals surface area contributed by atoms with Gasteiger partial charge in [0.2, 0.25) is 6.79 Å². The number of benzene rings is 2. The van der Waals surface area contributed by atoms with Crippen LogP contribution in [0.5, 0.6) is 11.5 Å². The molecule has 4 rings (SSSR count). The second-order valence-electron chi connectivity index (χ2n) is 7.08. The van der Waals surface area contributed by atoms with Crippen molar-refractivity contribution in [3.63, 3.8) is 0 Å². The first kappa shape index (κ1) is 16.9. The third-order valence-corrected chi connectivity index (χ3v) is 5.11. The second kappa shape index (κ2) is 7.38. The van der Waals surface area contributed by atoms with Gasteiger partial charge >= 0.3 is 0 Å². The summed E-state index contributed by atoms with van der Waals surface area (Å²) in [5.41, 5.74) is 1.90. The molecule has 1 unspecified atom stereocenters. The smallest absolute Gasteiger partial charge is 0.251 e. The zero-order valence-electron chi connectivity index (χ0n) is 15.0. The van der Waals surface area contributed by atoms with Crippen molar-refractivity contribution < 1.29 is 14.3 Å². The van der Waals surface area contributed by atoms with Gasteiger partial charge in [-0.25, -0.2) is 0 Å². The van der Waals surface area contributed by atoms with Crippen LogP contribution in [0, 0.1) is 5.92 Å². The van der Waals surface area contributed by atoms with Crippen molar-refractivity contribution in [1.82, 2.24) is 10.2 Å². The summed E-state index contributed by atoms with van der Waals surface area (Å²) in [6.45, 7) is 1.76. The Morgan fingerprint density at radius 3 is 2.69 bits per heavy atom. The van der Waals surface area contributed by atoms with Crippen LogP contribution in [0.1, 0.15) is 28.8 Å². The molecule has 0 aromatic heterocycles. The van der Waals surface area contributed by atoms with Crippen molar-refractivity contribution in [2.45, 2.75) is 25.4 Å². The SMILES string of the molecule is CN(Cc1ccccc1)C(CNC(=O)c1ccc2c(c1)OCO2)C1CC1. The minimum absolute atomic E-state index is 0.0675. The number of nitrogens with zero attached hydrogens (tertiary/aromatic N) is 1. The average molecular weight is 352 g/mol. The topological polar surface area (TPSA) is 50.8 Å². The number of carbonyl (C=O) groups excluding carboxylic acids is 1. The largest absolute Gasteiger partial charge is 0.454 e. The lowest BCUT2D eigenvalue weighted by molar-refractivity contribution is 0.0932. The molecule has 1 aliphatic carbocycles. The zero-order valence-corrected chi connectivity index (χ0v) is 15.0. The molecular weight excluding hydrogens is 328 g/mol. The first-order valence-electron chi connectivity index (χ1n) is 9.13. The predicted molar refractivity (Wildman–Crippen MR) is 99.3 cm³/mol. The highest BCUT2D eigenvalue weighted by atomic mass is 16.7. The second-order valence-corrected chi connectivity index (χ2v) is 7.08. The van der Waals surface area contributed by atoms with E-state index in [0.29, 0.717) is 35.6 Å². The number of hydrogen-bond donors (Lipinski definition) is 1. The van der Waals surface area contributed by atoms with Gasteiger partial charge in [-0.2, -0.15) is 0 Å². The Hall–Kier alpha value is -2.53. The van der Waals surface area contributed by atoms with Crippen LogP contribution in [-0.2, 0) is 6.54 Å². The van der Waals surface area contributed by atoms with Gasteiger partial charge < -0.3 is 14.8 Å². The van der Waals surface area contributed by atoms with E-state index >= 15 is 0 Å². The van der Waals surface area contributed by atoms with Crippen LogP contribution >= 0.6 is 0 Å². The summed E-state index contributed by atoms with van der Waals surface area (Å²) < 4.78 is 10.7. The summed E-state index contributed by atoms with van der Waals surface area (Å²) in [5.74, 6) is 1.93. The number of ether oxygens (including phenoxy) is 2. The fourth-order valence-electron chi connectivity index (χ4n) is 3.49. The van der Waals surface area contributed by atoms with Gasteiger partial charge in [0.25, 0.3) is 5.91 Å². The molecule has 1 fully saturated rings. The van der Waals surface area contributed by atoms with Crippen molar-refractivity contribution in [3.8, 4) is 11.5 Å². The van der Waals surface area contributed by atoms with E-state index in [1.165, 1.54) is 18.4 Å². The monoisotopic (exact) mass is 352 g/mol. The Bertz CT molecular complexity index is 774. The van der Waals surface area contributed by atoms with Crippen molar-refractivity contribution in [2.75, 3.05) is 20.4 Å². The fourth-order valence-corrected chi connectivity index (χ4v) is 3.49. The molecule has 2 aromatic carbocycles. The zero-order chi connectivity index (χ0) is 17.9. The van der Waals surface area contributed by atoms with E-state index in [1.54, 1.807) is 18.2 Å². The van der Waals surface area contributed by atoms with Crippen molar-refractivity contribution in [3.05, 3.63) is 59.7 Å². The lowest BCUT2D eigenvalue weighted by Gasteiger charge is -2.28. The van der Waals surface area contributed by atoms with E-state index in [-0.39, 0.29) is 12.7 Å². The number of carbonyl (C=O) groups is 1. The molecule has 0 spiro atoms. The predicted octanol–water partition coefficient (Wildman–Crippen LogP) is 3.06. The number of hydrogen-bond acceptors (Lipinski definition) is 4. The first-order chi connectivity index (χ1) is 12.7. The highest BCUT2D eigenvalue weighted by Gasteiger charge is 2.34. The van der Waals surface area contributed by atoms with Crippen LogP contribution in [0.25, 0.3) is 0 Å². The molecule has 136 valence electrons.